The molecule has 152 valence electrons. The Morgan fingerprint density at radius 2 is 2.07 bits per heavy atom. The molecule has 2 heterocycles. The molecule has 0 bridgehead atoms. The van der Waals surface area contributed by atoms with E-state index in [1.54, 1.807) is 24.3 Å². The van der Waals surface area contributed by atoms with Gasteiger partial charge in [-0.2, -0.15) is 13.2 Å². The third-order valence-corrected chi connectivity index (χ3v) is 5.87. The molecule has 1 aromatic heterocycles. The van der Waals surface area contributed by atoms with Crippen molar-refractivity contribution in [2.24, 2.45) is 0 Å². The van der Waals surface area contributed by atoms with E-state index in [4.69, 9.17) is 16.3 Å². The third kappa shape index (κ3) is 4.32. The molecule has 2 aromatic rings. The lowest BCUT2D eigenvalue weighted by Gasteiger charge is -2.36. The van der Waals surface area contributed by atoms with E-state index in [0.29, 0.717) is 22.1 Å². The molecule has 1 aliphatic heterocycles. The Bertz CT molecular complexity index is 843. The fourth-order valence-electron chi connectivity index (χ4n) is 2.93. The number of carbonyl (C=O) groups is 1. The first-order valence-electron chi connectivity index (χ1n) is 8.47. The predicted octanol–water partition coefficient (Wildman–Crippen LogP) is 3.85. The van der Waals surface area contributed by atoms with Crippen molar-refractivity contribution in [1.82, 2.24) is 9.88 Å². The van der Waals surface area contributed by atoms with E-state index in [2.05, 4.69) is 4.98 Å². The van der Waals surface area contributed by atoms with Crippen molar-refractivity contribution in [3.05, 3.63) is 50.9 Å². The number of aryl methyl sites for hydroxylation is 1. The Morgan fingerprint density at radius 3 is 2.64 bits per heavy atom. The van der Waals surface area contributed by atoms with E-state index >= 15 is 0 Å². The number of hydrogen-bond donors (Lipinski definition) is 1. The van der Waals surface area contributed by atoms with Crippen LogP contribution < -0.4 is 0 Å². The molecule has 0 radical (unpaired) electrons. The molecule has 28 heavy (non-hydrogen) atoms. The number of halogens is 4. The number of ether oxygens (including phenoxy) is 1. The summed E-state index contributed by atoms with van der Waals surface area (Å²) in [5.41, 5.74) is -2.20. The molecule has 0 aliphatic carbocycles. The number of aromatic nitrogens is 1. The Labute approximate surface area is 168 Å². The first kappa shape index (κ1) is 21.0. The Balaban J connectivity index is 1.77. The lowest BCUT2D eigenvalue weighted by molar-refractivity contribution is -0.268. The van der Waals surface area contributed by atoms with Crippen molar-refractivity contribution in [1.29, 1.82) is 0 Å². The molecule has 1 N–H and O–H groups in total. The Morgan fingerprint density at radius 1 is 1.39 bits per heavy atom. The maximum atomic E-state index is 13.6. The monoisotopic (exact) mass is 434 g/mol. The van der Waals surface area contributed by atoms with Gasteiger partial charge in [0.1, 0.15) is 11.1 Å². The number of rotatable bonds is 4. The number of aliphatic hydroxyl groups is 1. The zero-order chi connectivity index (χ0) is 20.5. The predicted molar refractivity (Wildman–Crippen MR) is 98.1 cm³/mol. The number of alkyl halides is 3. The lowest BCUT2D eigenvalue weighted by Crippen LogP contribution is -2.49. The quantitative estimate of drug-likeness (QED) is 0.794. The Hall–Kier alpha value is -1.68. The molecule has 1 aromatic carbocycles. The molecule has 1 amide bonds. The van der Waals surface area contributed by atoms with Gasteiger partial charge in [-0.25, -0.2) is 4.98 Å². The van der Waals surface area contributed by atoms with Gasteiger partial charge < -0.3 is 14.7 Å². The number of nitrogens with zero attached hydrogens (tertiary/aromatic N) is 2. The van der Waals surface area contributed by atoms with Gasteiger partial charge in [0.25, 0.3) is 0 Å². The number of hydrogen-bond acceptors (Lipinski definition) is 5. The zero-order valence-corrected chi connectivity index (χ0v) is 16.4. The van der Waals surface area contributed by atoms with Crippen LogP contribution in [-0.4, -0.2) is 46.8 Å². The van der Waals surface area contributed by atoms with Gasteiger partial charge in [0.2, 0.25) is 11.5 Å². The largest absolute Gasteiger partial charge is 0.424 e. The maximum Gasteiger partial charge on any atom is 0.424 e. The molecule has 2 atom stereocenters. The summed E-state index contributed by atoms with van der Waals surface area (Å²) in [6.07, 6.45) is -6.64. The van der Waals surface area contributed by atoms with Crippen molar-refractivity contribution in [2.45, 2.75) is 31.2 Å². The number of morpholine rings is 1. The first-order valence-corrected chi connectivity index (χ1v) is 9.72. The molecule has 0 saturated carbocycles. The van der Waals surface area contributed by atoms with Gasteiger partial charge in [0.15, 0.2) is 0 Å². The minimum Gasteiger partial charge on any atom is -0.374 e. The molecule has 0 unspecified atom stereocenters. The van der Waals surface area contributed by atoms with Crippen LogP contribution >= 0.6 is 22.9 Å². The second-order valence-corrected chi connectivity index (χ2v) is 7.87. The van der Waals surface area contributed by atoms with Crippen molar-refractivity contribution in [3.8, 4) is 0 Å². The molecule has 0 spiro atoms. The highest BCUT2D eigenvalue weighted by Crippen LogP contribution is 2.43. The van der Waals surface area contributed by atoms with Crippen LogP contribution in [-0.2, 0) is 15.1 Å². The summed E-state index contributed by atoms with van der Waals surface area (Å²) in [6.45, 7) is 1.94. The van der Waals surface area contributed by atoms with Crippen molar-refractivity contribution >= 4 is 28.8 Å². The van der Waals surface area contributed by atoms with Crippen LogP contribution in [0.5, 0.6) is 0 Å². The highest BCUT2D eigenvalue weighted by atomic mass is 35.5. The summed E-state index contributed by atoms with van der Waals surface area (Å²) < 4.78 is 46.5. The third-order valence-electron chi connectivity index (χ3n) is 4.51. The minimum absolute atomic E-state index is 0.0886. The van der Waals surface area contributed by atoms with E-state index in [1.807, 2.05) is 0 Å². The summed E-state index contributed by atoms with van der Waals surface area (Å²) in [5.74, 6) is -0.810. The van der Waals surface area contributed by atoms with Gasteiger partial charge in [0, 0.05) is 22.6 Å². The second kappa shape index (κ2) is 7.98. The average molecular weight is 435 g/mol. The van der Waals surface area contributed by atoms with Crippen LogP contribution in [0.2, 0.25) is 5.02 Å². The van der Waals surface area contributed by atoms with Crippen LogP contribution in [0.15, 0.2) is 29.6 Å². The van der Waals surface area contributed by atoms with E-state index in [0.717, 1.165) is 5.56 Å². The minimum atomic E-state index is -5.03. The Kier molecular flexibility index (Phi) is 6.00. The maximum absolute atomic E-state index is 13.6. The van der Waals surface area contributed by atoms with Gasteiger partial charge in [-0.3, -0.25) is 4.79 Å². The fourth-order valence-corrected chi connectivity index (χ4v) is 3.97. The van der Waals surface area contributed by atoms with E-state index in [-0.39, 0.29) is 19.7 Å². The summed E-state index contributed by atoms with van der Waals surface area (Å²) in [6, 6.07) is 6.83. The molecule has 1 aliphatic rings. The molecular formula is C18H18ClF3N2O3S. The molecule has 3 rings (SSSR count). The van der Waals surface area contributed by atoms with Crippen molar-refractivity contribution < 1.29 is 27.8 Å². The van der Waals surface area contributed by atoms with E-state index in [9.17, 15) is 23.1 Å². The van der Waals surface area contributed by atoms with E-state index in [1.165, 1.54) is 17.2 Å². The van der Waals surface area contributed by atoms with Crippen LogP contribution in [0.1, 0.15) is 28.8 Å². The van der Waals surface area contributed by atoms with Crippen molar-refractivity contribution in [2.75, 3.05) is 19.7 Å². The summed E-state index contributed by atoms with van der Waals surface area (Å²) >= 11 is 6.54. The van der Waals surface area contributed by atoms with Crippen LogP contribution in [0.4, 0.5) is 13.2 Å². The molecule has 1 saturated heterocycles. The molecule has 5 nitrogen and oxygen atoms in total. The van der Waals surface area contributed by atoms with Crippen LogP contribution in [0.25, 0.3) is 0 Å². The number of thiazole rings is 1. The summed E-state index contributed by atoms with van der Waals surface area (Å²) in [7, 11) is 0. The number of carbonyl (C=O) groups excluding carboxylic acids is 1. The standard InChI is InChI=1S/C18H18ClF3N2O3S/c1-11-10-28-16(23-11)17(26,18(20,21)22)8-15(25)24-6-7-27-14(9-24)12-2-4-13(19)5-3-12/h2-5,10,14,26H,6-9H2,1H3/t14-,17-/m1/s1. The molecular weight excluding hydrogens is 417 g/mol. The van der Waals surface area contributed by atoms with Gasteiger partial charge >= 0.3 is 6.18 Å². The van der Waals surface area contributed by atoms with E-state index < -0.39 is 35.2 Å². The number of amides is 1. The molecule has 1 fully saturated rings. The highest BCUT2D eigenvalue weighted by Gasteiger charge is 2.58. The SMILES string of the molecule is Cc1csc([C@](O)(CC(=O)N2CCO[C@@H](c3ccc(Cl)cc3)C2)C(F)(F)F)n1. The second-order valence-electron chi connectivity index (χ2n) is 6.58. The highest BCUT2D eigenvalue weighted by molar-refractivity contribution is 7.09. The van der Waals surface area contributed by atoms with Crippen molar-refractivity contribution in [3.63, 3.8) is 0 Å². The molecule has 10 heteroatoms. The summed E-state index contributed by atoms with van der Waals surface area (Å²) in [4.78, 5) is 17.7. The fraction of sp³-hybridized carbons (Fsp3) is 0.444. The smallest absolute Gasteiger partial charge is 0.374 e. The van der Waals surface area contributed by atoms with Gasteiger partial charge in [-0.05, 0) is 24.6 Å². The lowest BCUT2D eigenvalue weighted by atomic mass is 9.98. The number of benzene rings is 1. The topological polar surface area (TPSA) is 62.7 Å². The van der Waals surface area contributed by atoms with Crippen LogP contribution in [0.3, 0.4) is 0 Å². The first-order chi connectivity index (χ1) is 13.1. The van der Waals surface area contributed by atoms with Crippen LogP contribution in [0, 0.1) is 6.92 Å². The zero-order valence-electron chi connectivity index (χ0n) is 14.9. The van der Waals surface area contributed by atoms with Gasteiger partial charge in [-0.1, -0.05) is 23.7 Å². The van der Waals surface area contributed by atoms with Gasteiger partial charge in [0.05, 0.1) is 19.6 Å². The normalized spacial score (nSPS) is 20.1. The average Bonchev–Trinajstić information content (AvgIpc) is 3.08. The summed E-state index contributed by atoms with van der Waals surface area (Å²) in [5, 5.41) is 11.8. The van der Waals surface area contributed by atoms with Gasteiger partial charge in [-0.15, -0.1) is 11.3 Å².